The molecule has 13 heavy (non-hydrogen) atoms. The van der Waals surface area contributed by atoms with E-state index in [0.29, 0.717) is 12.5 Å². The molecule has 1 aliphatic heterocycles. The van der Waals surface area contributed by atoms with Gasteiger partial charge in [-0.2, -0.15) is 0 Å². The Balaban J connectivity index is 2.54. The summed E-state index contributed by atoms with van der Waals surface area (Å²) >= 11 is 0. The number of aliphatic hydroxyl groups is 1. The van der Waals surface area contributed by atoms with Gasteiger partial charge in [0.15, 0.2) is 5.72 Å². The predicted octanol–water partition coefficient (Wildman–Crippen LogP) is 1.14. The Labute approximate surface area is 79.0 Å². The molecule has 1 unspecified atom stereocenters. The summed E-state index contributed by atoms with van der Waals surface area (Å²) in [6.45, 7) is 6.45. The second kappa shape index (κ2) is 3.50. The number of hydrogen-bond donors (Lipinski definition) is 1. The third-order valence-electron chi connectivity index (χ3n) is 2.28. The summed E-state index contributed by atoms with van der Waals surface area (Å²) in [6.07, 6.45) is 3.89. The number of carbonyl (C=O) groups is 1. The first kappa shape index (κ1) is 10.3. The van der Waals surface area contributed by atoms with E-state index in [0.717, 1.165) is 6.42 Å². The summed E-state index contributed by atoms with van der Waals surface area (Å²) in [5.74, 6) is 0.454. The Morgan fingerprint density at radius 1 is 1.62 bits per heavy atom. The van der Waals surface area contributed by atoms with Crippen LogP contribution in [-0.4, -0.2) is 28.2 Å². The number of carbonyl (C=O) groups excluding carboxylic acids is 1. The van der Waals surface area contributed by atoms with Gasteiger partial charge in [-0.25, -0.2) is 0 Å². The van der Waals surface area contributed by atoms with E-state index in [1.165, 1.54) is 17.1 Å². The van der Waals surface area contributed by atoms with Crippen LogP contribution in [0.5, 0.6) is 0 Å². The van der Waals surface area contributed by atoms with Crippen LogP contribution in [0.2, 0.25) is 0 Å². The summed E-state index contributed by atoms with van der Waals surface area (Å²) in [7, 11) is 0. The molecule has 0 radical (unpaired) electrons. The van der Waals surface area contributed by atoms with Gasteiger partial charge in [0.05, 0.1) is 0 Å². The molecule has 1 amide bonds. The highest BCUT2D eigenvalue weighted by atomic mass is 16.3. The number of hydrogen-bond acceptors (Lipinski definition) is 2. The minimum Gasteiger partial charge on any atom is -0.367 e. The largest absolute Gasteiger partial charge is 0.367 e. The lowest BCUT2D eigenvalue weighted by molar-refractivity contribution is -0.139. The first-order valence-electron chi connectivity index (χ1n) is 4.66. The van der Waals surface area contributed by atoms with Crippen LogP contribution in [0.15, 0.2) is 12.2 Å². The van der Waals surface area contributed by atoms with Crippen molar-refractivity contribution in [2.75, 3.05) is 6.54 Å². The van der Waals surface area contributed by atoms with Gasteiger partial charge in [-0.3, -0.25) is 4.79 Å². The van der Waals surface area contributed by atoms with E-state index >= 15 is 0 Å². The Morgan fingerprint density at radius 2 is 2.23 bits per heavy atom. The molecular weight excluding hydrogens is 166 g/mol. The van der Waals surface area contributed by atoms with Crippen molar-refractivity contribution in [1.29, 1.82) is 0 Å². The Hall–Kier alpha value is -0.830. The molecule has 0 aromatic carbocycles. The fraction of sp³-hybridized carbons (Fsp3) is 0.700. The number of rotatable bonds is 3. The topological polar surface area (TPSA) is 40.5 Å². The van der Waals surface area contributed by atoms with Crippen molar-refractivity contribution in [2.45, 2.75) is 32.9 Å². The third-order valence-corrected chi connectivity index (χ3v) is 2.28. The lowest BCUT2D eigenvalue weighted by Gasteiger charge is -2.30. The molecule has 0 spiro atoms. The highest BCUT2D eigenvalue weighted by molar-refractivity contribution is 5.91. The van der Waals surface area contributed by atoms with Gasteiger partial charge in [-0.05, 0) is 25.3 Å². The molecule has 1 aliphatic rings. The van der Waals surface area contributed by atoms with Crippen LogP contribution >= 0.6 is 0 Å². The molecule has 3 heteroatoms. The average molecular weight is 183 g/mol. The zero-order valence-corrected chi connectivity index (χ0v) is 8.45. The highest BCUT2D eigenvalue weighted by Gasteiger charge is 2.34. The van der Waals surface area contributed by atoms with E-state index in [1.54, 1.807) is 6.92 Å². The van der Waals surface area contributed by atoms with E-state index in [2.05, 4.69) is 13.8 Å². The third kappa shape index (κ3) is 2.31. The molecule has 0 aromatic heterocycles. The van der Waals surface area contributed by atoms with Crippen LogP contribution < -0.4 is 0 Å². The maximum atomic E-state index is 11.3. The lowest BCUT2D eigenvalue weighted by Crippen LogP contribution is -2.44. The van der Waals surface area contributed by atoms with E-state index in [9.17, 15) is 9.90 Å². The minimum atomic E-state index is -1.08. The first-order chi connectivity index (χ1) is 5.93. The molecule has 1 N–H and O–H groups in total. The van der Waals surface area contributed by atoms with Crippen molar-refractivity contribution in [3.8, 4) is 0 Å². The molecule has 0 aromatic rings. The number of amides is 1. The van der Waals surface area contributed by atoms with Crippen LogP contribution in [0.4, 0.5) is 0 Å². The lowest BCUT2D eigenvalue weighted by atomic mass is 10.1. The van der Waals surface area contributed by atoms with Crippen LogP contribution in [-0.2, 0) is 4.79 Å². The molecule has 1 rings (SSSR count). The van der Waals surface area contributed by atoms with Gasteiger partial charge < -0.3 is 10.0 Å². The molecule has 3 nitrogen and oxygen atoms in total. The monoisotopic (exact) mass is 183 g/mol. The Bertz CT molecular complexity index is 231. The smallest absolute Gasteiger partial charge is 0.248 e. The fourth-order valence-corrected chi connectivity index (χ4v) is 1.36. The van der Waals surface area contributed by atoms with Gasteiger partial charge in [-0.1, -0.05) is 13.8 Å². The van der Waals surface area contributed by atoms with Crippen LogP contribution in [0.1, 0.15) is 27.2 Å². The maximum Gasteiger partial charge on any atom is 0.248 e. The predicted molar refractivity (Wildman–Crippen MR) is 50.9 cm³/mol. The van der Waals surface area contributed by atoms with Crippen molar-refractivity contribution < 1.29 is 9.90 Å². The van der Waals surface area contributed by atoms with E-state index < -0.39 is 5.72 Å². The highest BCUT2D eigenvalue weighted by Crippen LogP contribution is 2.21. The Morgan fingerprint density at radius 3 is 2.62 bits per heavy atom. The van der Waals surface area contributed by atoms with Gasteiger partial charge in [0.25, 0.3) is 0 Å². The Kier molecular flexibility index (Phi) is 2.76. The van der Waals surface area contributed by atoms with Crippen LogP contribution in [0.25, 0.3) is 0 Å². The van der Waals surface area contributed by atoms with Gasteiger partial charge in [0.2, 0.25) is 5.91 Å². The normalized spacial score (nSPS) is 27.8. The van der Waals surface area contributed by atoms with Crippen LogP contribution in [0.3, 0.4) is 0 Å². The molecular formula is C10H17NO2. The van der Waals surface area contributed by atoms with E-state index in [1.807, 2.05) is 0 Å². The summed E-state index contributed by atoms with van der Waals surface area (Å²) in [6, 6.07) is 0. The average Bonchev–Trinajstić information content (AvgIpc) is 2.23. The summed E-state index contributed by atoms with van der Waals surface area (Å²) in [5.41, 5.74) is -1.08. The molecule has 0 fully saturated rings. The van der Waals surface area contributed by atoms with Crippen LogP contribution in [0, 0.1) is 5.92 Å². The molecule has 0 bridgehead atoms. The molecule has 0 saturated carbocycles. The van der Waals surface area contributed by atoms with Gasteiger partial charge >= 0.3 is 0 Å². The molecule has 1 atom stereocenters. The van der Waals surface area contributed by atoms with E-state index in [-0.39, 0.29) is 5.91 Å². The minimum absolute atomic E-state index is 0.0920. The first-order valence-corrected chi connectivity index (χ1v) is 4.66. The van der Waals surface area contributed by atoms with Crippen molar-refractivity contribution >= 4 is 5.91 Å². The zero-order valence-electron chi connectivity index (χ0n) is 8.45. The second-order valence-corrected chi connectivity index (χ2v) is 4.10. The van der Waals surface area contributed by atoms with E-state index in [4.69, 9.17) is 0 Å². The second-order valence-electron chi connectivity index (χ2n) is 4.10. The van der Waals surface area contributed by atoms with Crippen molar-refractivity contribution in [1.82, 2.24) is 4.90 Å². The molecule has 0 aliphatic carbocycles. The summed E-state index contributed by atoms with van der Waals surface area (Å²) in [4.78, 5) is 12.8. The summed E-state index contributed by atoms with van der Waals surface area (Å²) in [5, 5.41) is 9.76. The molecule has 74 valence electrons. The number of nitrogens with zero attached hydrogens (tertiary/aromatic N) is 1. The van der Waals surface area contributed by atoms with Crippen molar-refractivity contribution in [3.63, 3.8) is 0 Å². The zero-order chi connectivity index (χ0) is 10.1. The standard InChI is InChI=1S/C10H17NO2/c1-8(2)5-7-11-9(12)4-6-10(11,3)13/h4,6,8,13H,5,7H2,1-3H3. The van der Waals surface area contributed by atoms with Gasteiger partial charge in [0.1, 0.15) is 0 Å². The SMILES string of the molecule is CC(C)CCN1C(=O)C=CC1(C)O. The summed E-state index contributed by atoms with van der Waals surface area (Å²) < 4.78 is 0. The fourth-order valence-electron chi connectivity index (χ4n) is 1.36. The quantitative estimate of drug-likeness (QED) is 0.712. The van der Waals surface area contributed by atoms with Crippen molar-refractivity contribution in [2.24, 2.45) is 5.92 Å². The van der Waals surface area contributed by atoms with Gasteiger partial charge in [-0.15, -0.1) is 0 Å². The molecule has 1 heterocycles. The maximum absolute atomic E-state index is 11.3. The van der Waals surface area contributed by atoms with Crippen molar-refractivity contribution in [3.05, 3.63) is 12.2 Å². The van der Waals surface area contributed by atoms with Gasteiger partial charge in [0, 0.05) is 12.6 Å². The molecule has 0 saturated heterocycles.